The lowest BCUT2D eigenvalue weighted by molar-refractivity contribution is -0.126. The molecule has 3 N–H and O–H groups in total. The monoisotopic (exact) mass is 379 g/mol. The number of rotatable bonds is 5. The predicted octanol–water partition coefficient (Wildman–Crippen LogP) is 0.0234. The second-order valence-corrected chi connectivity index (χ2v) is 8.14. The largest absolute Gasteiger partial charge is 0.497 e. The number of piperazine rings is 1. The topological polar surface area (TPSA) is 129 Å². The fourth-order valence-electron chi connectivity index (χ4n) is 3.59. The summed E-state index contributed by atoms with van der Waals surface area (Å²) in [5.41, 5.74) is -0.307. The molecule has 3 rings (SSSR count). The number of nitrogens with zero attached hydrogens (tertiary/aromatic N) is 3. The number of carbonyl (C=O) groups is 1. The van der Waals surface area contributed by atoms with Crippen molar-refractivity contribution in [2.75, 3.05) is 20.2 Å². The first-order chi connectivity index (χ1) is 12.4. The zero-order valence-corrected chi connectivity index (χ0v) is 15.1. The number of hydrogen-bond acceptors (Lipinski definition) is 7. The number of methoxy groups -OCH3 is 1. The van der Waals surface area contributed by atoms with Gasteiger partial charge in [0.1, 0.15) is 11.5 Å². The minimum atomic E-state index is -3.66. The van der Waals surface area contributed by atoms with Crippen molar-refractivity contribution in [2.45, 2.75) is 29.8 Å². The third kappa shape index (κ3) is 3.17. The minimum absolute atomic E-state index is 0.206. The molecule has 9 nitrogen and oxygen atoms in total. The number of benzene rings is 1. The van der Waals surface area contributed by atoms with E-state index in [1.54, 1.807) is 12.1 Å². The Balaban J connectivity index is 1.81. The molecule has 26 heavy (non-hydrogen) atoms. The van der Waals surface area contributed by atoms with E-state index in [2.05, 4.69) is 5.10 Å². The molecule has 1 amide bonds. The van der Waals surface area contributed by atoms with Gasteiger partial charge in [-0.2, -0.15) is 9.41 Å². The molecular weight excluding hydrogens is 358 g/mol. The predicted molar refractivity (Wildman–Crippen MR) is 95.8 cm³/mol. The van der Waals surface area contributed by atoms with Gasteiger partial charge in [0.15, 0.2) is 0 Å². The normalized spacial score (nSPS) is 23.3. The number of nitrogens with two attached hydrogens (primary N) is 1. The van der Waals surface area contributed by atoms with Crippen molar-refractivity contribution in [1.82, 2.24) is 9.21 Å². The molecule has 1 aromatic rings. The number of hydrogen-bond donors (Lipinski definition) is 2. The molecule has 0 saturated carbocycles. The number of hydrazone groups is 1. The number of carbonyl (C=O) groups excluding carboxylic acids is 1. The summed E-state index contributed by atoms with van der Waals surface area (Å²) in [7, 11) is -2.14. The maximum atomic E-state index is 13.1. The van der Waals surface area contributed by atoms with Crippen LogP contribution in [0.25, 0.3) is 0 Å². The Morgan fingerprint density at radius 3 is 2.35 bits per heavy atom. The Kier molecular flexibility index (Phi) is 4.97. The quantitative estimate of drug-likeness (QED) is 0.423. The number of ether oxygens (including phenoxy) is 1. The van der Waals surface area contributed by atoms with Gasteiger partial charge in [0, 0.05) is 25.2 Å². The molecule has 2 heterocycles. The van der Waals surface area contributed by atoms with E-state index in [1.807, 2.05) is 0 Å². The van der Waals surface area contributed by atoms with Crippen molar-refractivity contribution < 1.29 is 17.9 Å². The molecule has 2 unspecified atom stereocenters. The third-order valence-electron chi connectivity index (χ3n) is 4.77. The van der Waals surface area contributed by atoms with E-state index >= 15 is 0 Å². The average Bonchev–Trinajstić information content (AvgIpc) is 2.92. The Morgan fingerprint density at radius 1 is 1.27 bits per heavy atom. The van der Waals surface area contributed by atoms with Crippen LogP contribution in [0.3, 0.4) is 0 Å². The standard InChI is InChI=1S/C16H21N5O4S/c1-25-13-4-6-14(7-5-13)26(23,24)21-11-2-3-12(21)10-20(9-11)16(22)15(17)8-19-18/h4-8,11-12,17H,2-3,9-10,18H2,1H3. The molecule has 1 aromatic carbocycles. The molecule has 0 spiro atoms. The van der Waals surface area contributed by atoms with Crippen LogP contribution in [0.5, 0.6) is 5.75 Å². The van der Waals surface area contributed by atoms with Crippen LogP contribution < -0.4 is 10.6 Å². The van der Waals surface area contributed by atoms with Crippen LogP contribution in [0, 0.1) is 5.41 Å². The molecule has 2 aliphatic heterocycles. The number of fused-ring (bicyclic) bond motifs is 2. The third-order valence-corrected chi connectivity index (χ3v) is 6.79. The highest BCUT2D eigenvalue weighted by molar-refractivity contribution is 7.89. The second kappa shape index (κ2) is 7.04. The van der Waals surface area contributed by atoms with Crippen LogP contribution in [0.4, 0.5) is 0 Å². The van der Waals surface area contributed by atoms with E-state index in [0.717, 1.165) is 6.21 Å². The maximum Gasteiger partial charge on any atom is 0.273 e. The smallest absolute Gasteiger partial charge is 0.273 e. The van der Waals surface area contributed by atoms with Gasteiger partial charge < -0.3 is 15.5 Å². The Hall–Kier alpha value is -2.46. The summed E-state index contributed by atoms with van der Waals surface area (Å²) in [5.74, 6) is 5.09. The molecule has 2 fully saturated rings. The van der Waals surface area contributed by atoms with Crippen LogP contribution in [0.1, 0.15) is 12.8 Å². The van der Waals surface area contributed by atoms with Gasteiger partial charge in [-0.15, -0.1) is 0 Å². The van der Waals surface area contributed by atoms with Gasteiger partial charge in [0.25, 0.3) is 5.91 Å². The number of sulfonamides is 1. The highest BCUT2D eigenvalue weighted by Crippen LogP contribution is 2.35. The number of likely N-dealkylation sites (tertiary alicyclic amines) is 1. The lowest BCUT2D eigenvalue weighted by Crippen LogP contribution is -2.58. The molecule has 0 radical (unpaired) electrons. The molecule has 2 bridgehead atoms. The lowest BCUT2D eigenvalue weighted by atomic mass is 10.2. The molecule has 140 valence electrons. The summed E-state index contributed by atoms with van der Waals surface area (Å²) in [6.45, 7) is 0.511. The fourth-order valence-corrected chi connectivity index (χ4v) is 5.44. The van der Waals surface area contributed by atoms with Gasteiger partial charge in [0.05, 0.1) is 18.2 Å². The zero-order chi connectivity index (χ0) is 18.9. The molecule has 2 saturated heterocycles. The Labute approximate surface area is 152 Å². The van der Waals surface area contributed by atoms with Crippen LogP contribution >= 0.6 is 0 Å². The Bertz CT molecular complexity index is 823. The summed E-state index contributed by atoms with van der Waals surface area (Å²) >= 11 is 0. The van der Waals surface area contributed by atoms with Gasteiger partial charge in [0.2, 0.25) is 10.0 Å². The first-order valence-electron chi connectivity index (χ1n) is 8.17. The van der Waals surface area contributed by atoms with Crippen LogP contribution in [0.2, 0.25) is 0 Å². The highest BCUT2D eigenvalue weighted by atomic mass is 32.2. The first kappa shape index (κ1) is 18.3. The first-order valence-corrected chi connectivity index (χ1v) is 9.61. The summed E-state index contributed by atoms with van der Waals surface area (Å²) in [4.78, 5) is 14.0. The number of amides is 1. The van der Waals surface area contributed by atoms with Crippen molar-refractivity contribution >= 4 is 27.9 Å². The molecule has 0 aliphatic carbocycles. The minimum Gasteiger partial charge on any atom is -0.497 e. The Morgan fingerprint density at radius 2 is 1.85 bits per heavy atom. The molecule has 0 aromatic heterocycles. The summed E-state index contributed by atoms with van der Waals surface area (Å²) in [6.07, 6.45) is 2.36. The second-order valence-electron chi connectivity index (χ2n) is 6.30. The zero-order valence-electron chi connectivity index (χ0n) is 14.3. The fraction of sp³-hybridized carbons (Fsp3) is 0.438. The van der Waals surface area contributed by atoms with Crippen molar-refractivity contribution in [1.29, 1.82) is 5.41 Å². The average molecular weight is 379 g/mol. The van der Waals surface area contributed by atoms with Crippen LogP contribution in [-0.2, 0) is 14.8 Å². The SMILES string of the molecule is COc1ccc(S(=O)(=O)N2C3CCC2CN(C(=O)C(=N)C=NN)C3)cc1. The van der Waals surface area contributed by atoms with Crippen molar-refractivity contribution in [3.8, 4) is 5.75 Å². The van der Waals surface area contributed by atoms with Gasteiger partial charge in [-0.1, -0.05) is 0 Å². The summed E-state index contributed by atoms with van der Waals surface area (Å²) in [6, 6.07) is 5.68. The van der Waals surface area contributed by atoms with E-state index < -0.39 is 15.9 Å². The van der Waals surface area contributed by atoms with E-state index in [4.69, 9.17) is 16.0 Å². The van der Waals surface area contributed by atoms with Gasteiger partial charge in [-0.05, 0) is 37.1 Å². The summed E-state index contributed by atoms with van der Waals surface area (Å²) < 4.78 is 32.7. The maximum absolute atomic E-state index is 13.1. The van der Waals surface area contributed by atoms with E-state index in [9.17, 15) is 13.2 Å². The number of nitrogens with one attached hydrogen (secondary N) is 1. The molecule has 10 heteroatoms. The summed E-state index contributed by atoms with van der Waals surface area (Å²) in [5, 5.41) is 10.9. The van der Waals surface area contributed by atoms with Crippen LogP contribution in [0.15, 0.2) is 34.3 Å². The van der Waals surface area contributed by atoms with Crippen molar-refractivity contribution in [3.63, 3.8) is 0 Å². The van der Waals surface area contributed by atoms with Gasteiger partial charge in [-0.25, -0.2) is 8.42 Å². The molecular formula is C16H21N5O4S. The van der Waals surface area contributed by atoms with Crippen molar-refractivity contribution in [2.24, 2.45) is 10.9 Å². The molecule has 2 aliphatic rings. The van der Waals surface area contributed by atoms with Crippen molar-refractivity contribution in [3.05, 3.63) is 24.3 Å². The van der Waals surface area contributed by atoms with Gasteiger partial charge >= 0.3 is 0 Å². The van der Waals surface area contributed by atoms with Gasteiger partial charge in [-0.3, -0.25) is 10.2 Å². The molecule has 2 atom stereocenters. The lowest BCUT2D eigenvalue weighted by Gasteiger charge is -2.39. The van der Waals surface area contributed by atoms with E-state index in [1.165, 1.54) is 28.4 Å². The highest BCUT2D eigenvalue weighted by Gasteiger charge is 2.47. The van der Waals surface area contributed by atoms with Crippen LogP contribution in [-0.4, -0.2) is 67.7 Å². The van der Waals surface area contributed by atoms with E-state index in [0.29, 0.717) is 18.6 Å². The van der Waals surface area contributed by atoms with E-state index in [-0.39, 0.29) is 35.8 Å².